The molecule has 1 amide bonds. The Balaban J connectivity index is 2.26. The number of nitrogen functional groups attached to an aromatic ring is 1. The predicted molar refractivity (Wildman–Crippen MR) is 77.2 cm³/mol. The van der Waals surface area contributed by atoms with Crippen LogP contribution in [0.5, 0.6) is 0 Å². The summed E-state index contributed by atoms with van der Waals surface area (Å²) < 4.78 is 0. The number of hydrogen-bond donors (Lipinski definition) is 2. The first-order valence-corrected chi connectivity index (χ1v) is 6.49. The Labute approximate surface area is 117 Å². The maximum Gasteiger partial charge on any atom is 0.254 e. The highest BCUT2D eigenvalue weighted by molar-refractivity contribution is 6.02. The minimum absolute atomic E-state index is 0.00494. The van der Waals surface area contributed by atoms with Crippen LogP contribution in [0.4, 0.5) is 5.69 Å². The van der Waals surface area contributed by atoms with E-state index in [9.17, 15) is 9.90 Å². The molecule has 0 fully saturated rings. The second kappa shape index (κ2) is 3.93. The summed E-state index contributed by atoms with van der Waals surface area (Å²) in [5.41, 5.74) is 8.10. The Bertz CT molecular complexity index is 732. The molecule has 2 aromatic rings. The average Bonchev–Trinajstić information content (AvgIpc) is 2.60. The van der Waals surface area contributed by atoms with E-state index in [0.29, 0.717) is 29.0 Å². The lowest BCUT2D eigenvalue weighted by Gasteiger charge is -2.19. The number of benzene rings is 1. The van der Waals surface area contributed by atoms with Gasteiger partial charge in [0.2, 0.25) is 0 Å². The van der Waals surface area contributed by atoms with Crippen molar-refractivity contribution in [2.75, 3.05) is 12.8 Å². The van der Waals surface area contributed by atoms with Crippen molar-refractivity contribution >= 4 is 22.5 Å². The second-order valence-electron chi connectivity index (χ2n) is 5.85. The summed E-state index contributed by atoms with van der Waals surface area (Å²) in [5.74, 6) is 0.00494. The molecule has 20 heavy (non-hydrogen) atoms. The van der Waals surface area contributed by atoms with Crippen LogP contribution in [0.3, 0.4) is 0 Å². The molecular formula is C15H17N3O2. The van der Waals surface area contributed by atoms with Crippen LogP contribution in [0.1, 0.15) is 35.5 Å². The van der Waals surface area contributed by atoms with Gasteiger partial charge in [0.1, 0.15) is 5.60 Å². The second-order valence-corrected chi connectivity index (χ2v) is 5.85. The van der Waals surface area contributed by atoms with Crippen LogP contribution in [0.15, 0.2) is 18.2 Å². The lowest BCUT2D eigenvalue weighted by Crippen LogP contribution is -2.20. The van der Waals surface area contributed by atoms with Crippen molar-refractivity contribution in [2.24, 2.45) is 0 Å². The van der Waals surface area contributed by atoms with Gasteiger partial charge in [-0.1, -0.05) is 0 Å². The smallest absolute Gasteiger partial charge is 0.254 e. The molecule has 3 rings (SSSR count). The van der Waals surface area contributed by atoms with Crippen LogP contribution >= 0.6 is 0 Å². The molecule has 0 unspecified atom stereocenters. The van der Waals surface area contributed by atoms with Gasteiger partial charge in [-0.3, -0.25) is 4.79 Å². The van der Waals surface area contributed by atoms with E-state index in [0.717, 1.165) is 10.9 Å². The van der Waals surface area contributed by atoms with Gasteiger partial charge in [0.25, 0.3) is 5.91 Å². The third-order valence-electron chi connectivity index (χ3n) is 3.63. The van der Waals surface area contributed by atoms with Gasteiger partial charge in [-0.15, -0.1) is 0 Å². The van der Waals surface area contributed by atoms with Gasteiger partial charge in [0.05, 0.1) is 16.9 Å². The van der Waals surface area contributed by atoms with Crippen LogP contribution in [-0.2, 0) is 12.1 Å². The third kappa shape index (κ3) is 1.82. The van der Waals surface area contributed by atoms with Gasteiger partial charge in [0, 0.05) is 24.5 Å². The largest absolute Gasteiger partial charge is 0.397 e. The number of nitrogens with two attached hydrogens (primary N) is 1. The summed E-state index contributed by atoms with van der Waals surface area (Å²) in [5, 5.41) is 11.0. The average molecular weight is 271 g/mol. The molecule has 0 saturated carbocycles. The number of nitrogens with zero attached hydrogens (tertiary/aromatic N) is 2. The molecular weight excluding hydrogens is 254 g/mol. The minimum Gasteiger partial charge on any atom is -0.397 e. The monoisotopic (exact) mass is 271 g/mol. The molecule has 5 heteroatoms. The van der Waals surface area contributed by atoms with Crippen molar-refractivity contribution in [1.29, 1.82) is 0 Å². The van der Waals surface area contributed by atoms with Crippen LogP contribution in [0.2, 0.25) is 0 Å². The molecule has 0 aliphatic carbocycles. The molecule has 0 bridgehead atoms. The zero-order chi connectivity index (χ0) is 14.7. The number of carbonyl (C=O) groups is 1. The van der Waals surface area contributed by atoms with E-state index in [-0.39, 0.29) is 5.91 Å². The molecule has 3 N–H and O–H groups in total. The van der Waals surface area contributed by atoms with E-state index in [4.69, 9.17) is 5.73 Å². The van der Waals surface area contributed by atoms with Crippen molar-refractivity contribution in [1.82, 2.24) is 9.88 Å². The standard InChI is InChI=1S/C15H17N3O2/c1-15(2,20)13-11(16)5-8-4-9-7-18(3)14(19)10(9)6-12(8)17-13/h4-6,20H,7,16H2,1-3H3. The van der Waals surface area contributed by atoms with E-state index in [1.54, 1.807) is 37.9 Å². The Morgan fingerprint density at radius 2 is 2.05 bits per heavy atom. The maximum atomic E-state index is 12.0. The van der Waals surface area contributed by atoms with Crippen LogP contribution in [0.25, 0.3) is 10.9 Å². The fourth-order valence-electron chi connectivity index (χ4n) is 2.64. The van der Waals surface area contributed by atoms with Gasteiger partial charge >= 0.3 is 0 Å². The minimum atomic E-state index is -1.11. The summed E-state index contributed by atoms with van der Waals surface area (Å²) in [4.78, 5) is 18.1. The number of anilines is 1. The van der Waals surface area contributed by atoms with Gasteiger partial charge in [-0.05, 0) is 37.6 Å². The third-order valence-corrected chi connectivity index (χ3v) is 3.63. The van der Waals surface area contributed by atoms with Crippen molar-refractivity contribution < 1.29 is 9.90 Å². The number of fused-ring (bicyclic) bond motifs is 2. The summed E-state index contributed by atoms with van der Waals surface area (Å²) in [6.45, 7) is 3.89. The first-order chi connectivity index (χ1) is 9.27. The summed E-state index contributed by atoms with van der Waals surface area (Å²) in [6.07, 6.45) is 0. The fraction of sp³-hybridized carbons (Fsp3) is 0.333. The zero-order valence-electron chi connectivity index (χ0n) is 11.8. The number of pyridine rings is 1. The summed E-state index contributed by atoms with van der Waals surface area (Å²) in [7, 11) is 1.77. The van der Waals surface area contributed by atoms with Crippen LogP contribution < -0.4 is 5.73 Å². The topological polar surface area (TPSA) is 79.4 Å². The Morgan fingerprint density at radius 3 is 2.70 bits per heavy atom. The molecule has 1 aliphatic heterocycles. The number of carbonyl (C=O) groups excluding carboxylic acids is 1. The molecule has 104 valence electrons. The quantitative estimate of drug-likeness (QED) is 0.826. The van der Waals surface area contributed by atoms with Crippen molar-refractivity contribution in [3.8, 4) is 0 Å². The number of rotatable bonds is 1. The van der Waals surface area contributed by atoms with Gasteiger partial charge in [-0.25, -0.2) is 4.98 Å². The highest BCUT2D eigenvalue weighted by Crippen LogP contribution is 2.31. The fourth-order valence-corrected chi connectivity index (χ4v) is 2.64. The predicted octanol–water partition coefficient (Wildman–Crippen LogP) is 1.63. The highest BCUT2D eigenvalue weighted by Gasteiger charge is 2.26. The Kier molecular flexibility index (Phi) is 2.53. The molecule has 0 atom stereocenters. The van der Waals surface area contributed by atoms with E-state index in [1.165, 1.54) is 0 Å². The maximum absolute atomic E-state index is 12.0. The molecule has 2 heterocycles. The normalized spacial score (nSPS) is 15.0. The SMILES string of the molecule is CN1Cc2cc3cc(N)c(C(C)(C)O)nc3cc2C1=O. The first kappa shape index (κ1) is 12.9. The zero-order valence-corrected chi connectivity index (χ0v) is 11.8. The summed E-state index contributed by atoms with van der Waals surface area (Å²) in [6, 6.07) is 5.54. The lowest BCUT2D eigenvalue weighted by molar-refractivity contribution is 0.0750. The van der Waals surface area contributed by atoms with Crippen molar-refractivity contribution in [2.45, 2.75) is 26.0 Å². The number of aromatic nitrogens is 1. The van der Waals surface area contributed by atoms with Crippen molar-refractivity contribution in [3.05, 3.63) is 35.0 Å². The summed E-state index contributed by atoms with van der Waals surface area (Å²) >= 11 is 0. The molecule has 0 radical (unpaired) electrons. The number of hydrogen-bond acceptors (Lipinski definition) is 4. The van der Waals surface area contributed by atoms with Gasteiger partial charge < -0.3 is 15.7 Å². The Morgan fingerprint density at radius 1 is 1.35 bits per heavy atom. The molecule has 0 saturated heterocycles. The van der Waals surface area contributed by atoms with Crippen LogP contribution in [0, 0.1) is 0 Å². The van der Waals surface area contributed by atoms with Gasteiger partial charge in [-0.2, -0.15) is 0 Å². The lowest BCUT2D eigenvalue weighted by atomic mass is 9.99. The number of amides is 1. The molecule has 5 nitrogen and oxygen atoms in total. The van der Waals surface area contributed by atoms with E-state index >= 15 is 0 Å². The van der Waals surface area contributed by atoms with E-state index < -0.39 is 5.60 Å². The molecule has 1 aromatic heterocycles. The first-order valence-electron chi connectivity index (χ1n) is 6.49. The van der Waals surface area contributed by atoms with E-state index in [1.807, 2.05) is 6.07 Å². The van der Waals surface area contributed by atoms with Gasteiger partial charge in [0.15, 0.2) is 0 Å². The highest BCUT2D eigenvalue weighted by atomic mass is 16.3. The Hall–Kier alpha value is -2.14. The molecule has 1 aromatic carbocycles. The van der Waals surface area contributed by atoms with Crippen molar-refractivity contribution in [3.63, 3.8) is 0 Å². The molecule has 1 aliphatic rings. The van der Waals surface area contributed by atoms with E-state index in [2.05, 4.69) is 4.98 Å². The molecule has 0 spiro atoms. The van der Waals surface area contributed by atoms with Crippen LogP contribution in [-0.4, -0.2) is 27.9 Å². The number of aliphatic hydroxyl groups is 1.